The number of carbonyl (C=O) groups excluding carboxylic acids is 2. The molecule has 7 nitrogen and oxygen atoms in total. The van der Waals surface area contributed by atoms with Crippen LogP contribution < -0.4 is 16.0 Å². The minimum atomic E-state index is -0.427. The second-order valence-electron chi connectivity index (χ2n) is 10.8. The number of benzene rings is 3. The van der Waals surface area contributed by atoms with Gasteiger partial charge in [-0.1, -0.05) is 79.2 Å². The third kappa shape index (κ3) is 8.16. The van der Waals surface area contributed by atoms with Crippen molar-refractivity contribution < 1.29 is 14.3 Å². The molecule has 1 aliphatic heterocycles. The fourth-order valence-corrected chi connectivity index (χ4v) is 5.28. The lowest BCUT2D eigenvalue weighted by molar-refractivity contribution is -0.121. The highest BCUT2D eigenvalue weighted by molar-refractivity contribution is 5.91. The Morgan fingerprint density at radius 1 is 0.825 bits per heavy atom. The van der Waals surface area contributed by atoms with E-state index in [0.29, 0.717) is 25.6 Å². The maximum absolute atomic E-state index is 12.7. The Balaban J connectivity index is 0.988. The lowest BCUT2D eigenvalue weighted by atomic mass is 9.93. The molecule has 210 valence electrons. The summed E-state index contributed by atoms with van der Waals surface area (Å²) in [5, 5.41) is 9.58. The summed E-state index contributed by atoms with van der Waals surface area (Å²) < 4.78 is 5.74. The summed E-state index contributed by atoms with van der Waals surface area (Å²) in [4.78, 5) is 27.4. The van der Waals surface area contributed by atoms with E-state index in [4.69, 9.17) is 4.74 Å². The third-order valence-electron chi connectivity index (χ3n) is 7.89. The number of amides is 2. The number of para-hydroxylation sites is 1. The number of nitrogens with one attached hydrogen (secondary N) is 3. The molecular formula is C33H40N4O3. The molecule has 2 fully saturated rings. The highest BCUT2D eigenvalue weighted by Crippen LogP contribution is 2.28. The Morgan fingerprint density at radius 3 is 2.30 bits per heavy atom. The van der Waals surface area contributed by atoms with Crippen LogP contribution >= 0.6 is 0 Å². The number of ether oxygens (including phenoxy) is 1. The van der Waals surface area contributed by atoms with Crippen LogP contribution in [-0.4, -0.2) is 48.7 Å². The molecule has 2 aliphatic rings. The van der Waals surface area contributed by atoms with Crippen LogP contribution in [0, 0.1) is 0 Å². The van der Waals surface area contributed by atoms with Gasteiger partial charge in [0.15, 0.2) is 0 Å². The van der Waals surface area contributed by atoms with Crippen LogP contribution in [0.4, 0.5) is 10.5 Å². The minimum Gasteiger partial charge on any atom is -0.446 e. The fraction of sp³-hybridized carbons (Fsp3) is 0.394. The summed E-state index contributed by atoms with van der Waals surface area (Å²) in [5.74, 6) is 0.0628. The predicted octanol–water partition coefficient (Wildman–Crippen LogP) is 5.72. The van der Waals surface area contributed by atoms with E-state index < -0.39 is 6.09 Å². The fourth-order valence-electron chi connectivity index (χ4n) is 5.28. The van der Waals surface area contributed by atoms with Crippen LogP contribution in [0.25, 0.3) is 11.1 Å². The molecule has 0 spiro atoms. The molecule has 7 heteroatoms. The Labute approximate surface area is 237 Å². The molecule has 1 aliphatic carbocycles. The second kappa shape index (κ2) is 14.1. The van der Waals surface area contributed by atoms with Gasteiger partial charge in [0, 0.05) is 50.7 Å². The average molecular weight is 541 g/mol. The zero-order chi connectivity index (χ0) is 27.6. The van der Waals surface area contributed by atoms with Gasteiger partial charge in [0.25, 0.3) is 0 Å². The first kappa shape index (κ1) is 27.9. The van der Waals surface area contributed by atoms with Gasteiger partial charge in [0.1, 0.15) is 6.10 Å². The highest BCUT2D eigenvalue weighted by atomic mass is 16.6. The van der Waals surface area contributed by atoms with Gasteiger partial charge in [0.05, 0.1) is 5.69 Å². The maximum atomic E-state index is 12.7. The molecule has 3 aromatic rings. The van der Waals surface area contributed by atoms with E-state index in [1.807, 2.05) is 54.6 Å². The van der Waals surface area contributed by atoms with Crippen molar-refractivity contribution in [2.45, 2.75) is 63.8 Å². The van der Waals surface area contributed by atoms with Crippen molar-refractivity contribution in [3.8, 4) is 11.1 Å². The lowest BCUT2D eigenvalue weighted by Crippen LogP contribution is -2.40. The van der Waals surface area contributed by atoms with Crippen molar-refractivity contribution in [3.05, 3.63) is 90.0 Å². The van der Waals surface area contributed by atoms with Gasteiger partial charge < -0.3 is 20.3 Å². The van der Waals surface area contributed by atoms with Crippen LogP contribution in [0.2, 0.25) is 0 Å². The quantitative estimate of drug-likeness (QED) is 0.290. The lowest BCUT2D eigenvalue weighted by Gasteiger charge is -2.31. The van der Waals surface area contributed by atoms with Crippen molar-refractivity contribution in [2.75, 3.05) is 25.0 Å². The van der Waals surface area contributed by atoms with E-state index in [-0.39, 0.29) is 12.0 Å². The maximum Gasteiger partial charge on any atom is 0.411 e. The molecule has 0 aromatic heterocycles. The van der Waals surface area contributed by atoms with E-state index in [2.05, 4.69) is 45.1 Å². The van der Waals surface area contributed by atoms with Gasteiger partial charge in [-0.2, -0.15) is 0 Å². The molecule has 5 rings (SSSR count). The van der Waals surface area contributed by atoms with Crippen LogP contribution in [0.15, 0.2) is 78.9 Å². The Kier molecular flexibility index (Phi) is 9.82. The van der Waals surface area contributed by atoms with Gasteiger partial charge in [0.2, 0.25) is 5.91 Å². The van der Waals surface area contributed by atoms with Crippen molar-refractivity contribution >= 4 is 17.7 Å². The molecule has 0 bridgehead atoms. The van der Waals surface area contributed by atoms with Crippen molar-refractivity contribution in [1.29, 1.82) is 0 Å². The summed E-state index contributed by atoms with van der Waals surface area (Å²) in [6.07, 6.45) is 5.32. The standard InChI is InChI=1S/C33H40N4O3/c38-32(35-24-26-9-6-8-25(22-26)23-34-28-12-7-13-28)18-21-37-19-16-29(17-20-37)40-33(39)36-31-15-5-4-14-30(31)27-10-2-1-3-11-27/h1-6,8-11,14-15,22,28-29,34H,7,12-13,16-21,23-24H2,(H,35,38)(H,36,39). The number of likely N-dealkylation sites (tertiary alicyclic amines) is 1. The molecule has 1 saturated heterocycles. The molecule has 1 heterocycles. The molecule has 2 amide bonds. The molecular weight excluding hydrogens is 500 g/mol. The largest absolute Gasteiger partial charge is 0.446 e. The molecule has 1 saturated carbocycles. The monoisotopic (exact) mass is 540 g/mol. The van der Waals surface area contributed by atoms with E-state index in [1.165, 1.54) is 24.8 Å². The Hall–Kier alpha value is -3.68. The van der Waals surface area contributed by atoms with Crippen molar-refractivity contribution in [1.82, 2.24) is 15.5 Å². The van der Waals surface area contributed by atoms with Crippen molar-refractivity contribution in [3.63, 3.8) is 0 Å². The SMILES string of the molecule is O=C(CCN1CCC(OC(=O)Nc2ccccc2-c2ccccc2)CC1)NCc1cccc(CNC2CCC2)c1. The van der Waals surface area contributed by atoms with E-state index in [0.717, 1.165) is 54.9 Å². The van der Waals surface area contributed by atoms with Crippen LogP contribution in [0.3, 0.4) is 0 Å². The number of piperidine rings is 1. The topological polar surface area (TPSA) is 82.7 Å². The van der Waals surface area contributed by atoms with Gasteiger partial charge >= 0.3 is 6.09 Å². The summed E-state index contributed by atoms with van der Waals surface area (Å²) in [6.45, 7) is 3.76. The van der Waals surface area contributed by atoms with E-state index in [9.17, 15) is 9.59 Å². The number of rotatable bonds is 11. The van der Waals surface area contributed by atoms with E-state index >= 15 is 0 Å². The highest BCUT2D eigenvalue weighted by Gasteiger charge is 2.23. The third-order valence-corrected chi connectivity index (χ3v) is 7.89. The van der Waals surface area contributed by atoms with Gasteiger partial charge in [-0.05, 0) is 48.4 Å². The first-order valence-electron chi connectivity index (χ1n) is 14.5. The summed E-state index contributed by atoms with van der Waals surface area (Å²) in [6, 6.07) is 26.8. The van der Waals surface area contributed by atoms with Crippen LogP contribution in [0.1, 0.15) is 49.7 Å². The first-order chi connectivity index (χ1) is 19.6. The number of carbonyl (C=O) groups is 2. The number of hydrogen-bond acceptors (Lipinski definition) is 5. The molecule has 0 radical (unpaired) electrons. The Bertz CT molecular complexity index is 1250. The summed E-state index contributed by atoms with van der Waals surface area (Å²) in [5.41, 5.74) is 5.13. The molecule has 3 aromatic carbocycles. The van der Waals surface area contributed by atoms with Crippen molar-refractivity contribution in [2.24, 2.45) is 0 Å². The molecule has 0 unspecified atom stereocenters. The summed E-state index contributed by atoms with van der Waals surface area (Å²) >= 11 is 0. The molecule has 0 atom stereocenters. The first-order valence-corrected chi connectivity index (χ1v) is 14.5. The van der Waals surface area contributed by atoms with Gasteiger partial charge in [-0.25, -0.2) is 4.79 Å². The van der Waals surface area contributed by atoms with Crippen LogP contribution in [0.5, 0.6) is 0 Å². The van der Waals surface area contributed by atoms with Crippen LogP contribution in [-0.2, 0) is 22.6 Å². The predicted molar refractivity (Wildman–Crippen MR) is 159 cm³/mol. The average Bonchev–Trinajstić information content (AvgIpc) is 2.96. The Morgan fingerprint density at radius 2 is 1.55 bits per heavy atom. The number of anilines is 1. The van der Waals surface area contributed by atoms with E-state index in [1.54, 1.807) is 0 Å². The smallest absolute Gasteiger partial charge is 0.411 e. The minimum absolute atomic E-state index is 0.0628. The van der Waals surface area contributed by atoms with Gasteiger partial charge in [-0.15, -0.1) is 0 Å². The summed E-state index contributed by atoms with van der Waals surface area (Å²) in [7, 11) is 0. The zero-order valence-corrected chi connectivity index (χ0v) is 23.1. The molecule has 3 N–H and O–H groups in total. The normalized spacial score (nSPS) is 16.2. The molecule has 40 heavy (non-hydrogen) atoms. The number of nitrogens with zero attached hydrogens (tertiary/aromatic N) is 1. The van der Waals surface area contributed by atoms with Gasteiger partial charge in [-0.3, -0.25) is 10.1 Å². The number of hydrogen-bond donors (Lipinski definition) is 3. The zero-order valence-electron chi connectivity index (χ0n) is 23.1. The second-order valence-corrected chi connectivity index (χ2v) is 10.8.